The maximum absolute atomic E-state index is 8.94. The zero-order chi connectivity index (χ0) is 12.0. The van der Waals surface area contributed by atoms with Crippen LogP contribution in [-0.4, -0.2) is 6.54 Å². The van der Waals surface area contributed by atoms with Crippen molar-refractivity contribution in [3.63, 3.8) is 0 Å². The Bertz CT molecular complexity index is 363. The second-order valence-corrected chi connectivity index (χ2v) is 4.62. The van der Waals surface area contributed by atoms with Gasteiger partial charge in [0.1, 0.15) is 0 Å². The number of hydrogen-bond donors (Lipinski definition) is 1. The van der Waals surface area contributed by atoms with E-state index >= 15 is 0 Å². The molecule has 0 fully saturated rings. The first kappa shape index (κ1) is 12.7. The van der Waals surface area contributed by atoms with Crippen molar-refractivity contribution in [3.05, 3.63) is 35.4 Å². The summed E-state index contributed by atoms with van der Waals surface area (Å²) in [6.45, 7) is 8.48. The summed E-state index contributed by atoms with van der Waals surface area (Å²) in [5, 5.41) is 12.3. The Hall–Kier alpha value is -1.33. The fourth-order valence-electron chi connectivity index (χ4n) is 1.45. The van der Waals surface area contributed by atoms with Crippen molar-refractivity contribution < 1.29 is 0 Å². The molecule has 0 aromatic heterocycles. The van der Waals surface area contributed by atoms with Gasteiger partial charge in [0.15, 0.2) is 0 Å². The number of benzene rings is 1. The summed E-state index contributed by atoms with van der Waals surface area (Å²) in [5.74, 6) is 1.35. The first-order valence-electron chi connectivity index (χ1n) is 5.84. The molecular formula is C14H20N2. The Balaban J connectivity index is 2.46. The highest BCUT2D eigenvalue weighted by Crippen LogP contribution is 2.10. The Kier molecular flexibility index (Phi) is 5.01. The molecule has 0 unspecified atom stereocenters. The maximum atomic E-state index is 8.94. The highest BCUT2D eigenvalue weighted by Gasteiger charge is 2.06. The molecule has 0 aliphatic rings. The summed E-state index contributed by atoms with van der Waals surface area (Å²) >= 11 is 0. The van der Waals surface area contributed by atoms with E-state index in [1.54, 1.807) is 0 Å². The van der Waals surface area contributed by atoms with E-state index in [2.05, 4.69) is 32.2 Å². The first-order chi connectivity index (χ1) is 7.65. The fourth-order valence-corrected chi connectivity index (χ4v) is 1.45. The minimum atomic E-state index is 0.661. The fraction of sp³-hybridized carbons (Fsp3) is 0.500. The smallest absolute Gasteiger partial charge is 0.0995 e. The average Bonchev–Trinajstić information content (AvgIpc) is 2.29. The van der Waals surface area contributed by atoms with E-state index in [0.29, 0.717) is 11.8 Å². The predicted molar refractivity (Wildman–Crippen MR) is 66.9 cm³/mol. The summed E-state index contributed by atoms with van der Waals surface area (Å²) in [6, 6.07) is 9.96. The highest BCUT2D eigenvalue weighted by molar-refractivity contribution is 5.37. The van der Waals surface area contributed by atoms with Gasteiger partial charge in [-0.25, -0.2) is 0 Å². The summed E-state index contributed by atoms with van der Waals surface area (Å²) in [5.41, 5.74) is 1.85. The minimum absolute atomic E-state index is 0.661. The van der Waals surface area contributed by atoms with Gasteiger partial charge < -0.3 is 5.32 Å². The van der Waals surface area contributed by atoms with E-state index in [1.165, 1.54) is 0 Å². The lowest BCUT2D eigenvalue weighted by molar-refractivity contribution is 0.392. The van der Waals surface area contributed by atoms with Gasteiger partial charge in [-0.1, -0.05) is 39.0 Å². The molecule has 2 nitrogen and oxygen atoms in total. The lowest BCUT2D eigenvalue weighted by Crippen LogP contribution is -2.24. The number of nitrogens with zero attached hydrogens (tertiary/aromatic N) is 1. The molecule has 2 heteroatoms. The van der Waals surface area contributed by atoms with Crippen LogP contribution in [0.4, 0.5) is 0 Å². The van der Waals surface area contributed by atoms with Crippen molar-refractivity contribution in [1.29, 1.82) is 5.26 Å². The molecule has 0 amide bonds. The van der Waals surface area contributed by atoms with Crippen LogP contribution < -0.4 is 5.32 Å². The Morgan fingerprint density at radius 3 is 2.56 bits per heavy atom. The van der Waals surface area contributed by atoms with Crippen LogP contribution in [-0.2, 0) is 6.54 Å². The molecule has 0 bridgehead atoms. The van der Waals surface area contributed by atoms with Crippen molar-refractivity contribution in [3.8, 4) is 6.07 Å². The van der Waals surface area contributed by atoms with Crippen LogP contribution in [0.5, 0.6) is 0 Å². The summed E-state index contributed by atoms with van der Waals surface area (Å²) in [7, 11) is 0. The lowest BCUT2D eigenvalue weighted by Gasteiger charge is -2.16. The number of nitrogens with one attached hydrogen (secondary N) is 1. The third kappa shape index (κ3) is 3.67. The predicted octanol–water partition coefficient (Wildman–Crippen LogP) is 2.94. The SMILES string of the molecule is CC(C)[C@H](C)CNCc1ccccc1C#N. The molecule has 16 heavy (non-hydrogen) atoms. The standard InChI is InChI=1S/C14H20N2/c1-11(2)12(3)9-16-10-14-7-5-4-6-13(14)8-15/h4-7,11-12,16H,9-10H2,1-3H3/t12-/m1/s1. The van der Waals surface area contributed by atoms with Crippen molar-refractivity contribution in [2.45, 2.75) is 27.3 Å². The van der Waals surface area contributed by atoms with Gasteiger partial charge in [0.05, 0.1) is 11.6 Å². The lowest BCUT2D eigenvalue weighted by atomic mass is 9.98. The molecule has 1 aromatic carbocycles. The molecule has 0 spiro atoms. The van der Waals surface area contributed by atoms with Gasteiger partial charge in [0.2, 0.25) is 0 Å². The topological polar surface area (TPSA) is 35.8 Å². The molecular weight excluding hydrogens is 196 g/mol. The van der Waals surface area contributed by atoms with Crippen molar-refractivity contribution >= 4 is 0 Å². The molecule has 1 rings (SSSR count). The van der Waals surface area contributed by atoms with E-state index in [0.717, 1.165) is 24.2 Å². The molecule has 0 radical (unpaired) electrons. The third-order valence-electron chi connectivity index (χ3n) is 3.06. The van der Waals surface area contributed by atoms with Gasteiger partial charge >= 0.3 is 0 Å². The molecule has 0 heterocycles. The minimum Gasteiger partial charge on any atom is -0.312 e. The Morgan fingerprint density at radius 1 is 1.25 bits per heavy atom. The van der Waals surface area contributed by atoms with Crippen molar-refractivity contribution in [2.75, 3.05) is 6.54 Å². The van der Waals surface area contributed by atoms with Crippen LogP contribution >= 0.6 is 0 Å². The molecule has 1 atom stereocenters. The average molecular weight is 216 g/mol. The Labute approximate surface area is 98.3 Å². The molecule has 1 aromatic rings. The summed E-state index contributed by atoms with van der Waals surface area (Å²) in [4.78, 5) is 0. The summed E-state index contributed by atoms with van der Waals surface area (Å²) < 4.78 is 0. The molecule has 0 saturated carbocycles. The van der Waals surface area contributed by atoms with E-state index in [4.69, 9.17) is 5.26 Å². The second kappa shape index (κ2) is 6.30. The van der Waals surface area contributed by atoms with Gasteiger partial charge in [-0.15, -0.1) is 0 Å². The normalized spacial score (nSPS) is 12.4. The first-order valence-corrected chi connectivity index (χ1v) is 5.84. The second-order valence-electron chi connectivity index (χ2n) is 4.62. The van der Waals surface area contributed by atoms with Gasteiger partial charge in [-0.3, -0.25) is 0 Å². The van der Waals surface area contributed by atoms with Crippen molar-refractivity contribution in [1.82, 2.24) is 5.32 Å². The quantitative estimate of drug-likeness (QED) is 0.821. The van der Waals surface area contributed by atoms with E-state index in [1.807, 2.05) is 24.3 Å². The third-order valence-corrected chi connectivity index (χ3v) is 3.06. The summed E-state index contributed by atoms with van der Waals surface area (Å²) in [6.07, 6.45) is 0. The van der Waals surface area contributed by atoms with Crippen LogP contribution in [0, 0.1) is 23.2 Å². The van der Waals surface area contributed by atoms with E-state index in [9.17, 15) is 0 Å². The molecule has 1 N–H and O–H groups in total. The van der Waals surface area contributed by atoms with Crippen molar-refractivity contribution in [2.24, 2.45) is 11.8 Å². The molecule has 0 aliphatic heterocycles. The largest absolute Gasteiger partial charge is 0.312 e. The van der Waals surface area contributed by atoms with Crippen LogP contribution in [0.15, 0.2) is 24.3 Å². The van der Waals surface area contributed by atoms with Gasteiger partial charge in [-0.2, -0.15) is 5.26 Å². The molecule has 0 saturated heterocycles. The van der Waals surface area contributed by atoms with Gasteiger partial charge in [0.25, 0.3) is 0 Å². The van der Waals surface area contributed by atoms with Crippen LogP contribution in [0.2, 0.25) is 0 Å². The Morgan fingerprint density at radius 2 is 1.94 bits per heavy atom. The number of nitriles is 1. The number of hydrogen-bond acceptors (Lipinski definition) is 2. The zero-order valence-electron chi connectivity index (χ0n) is 10.3. The zero-order valence-corrected chi connectivity index (χ0v) is 10.3. The number of rotatable bonds is 5. The van der Waals surface area contributed by atoms with Gasteiger partial charge in [0, 0.05) is 6.54 Å². The van der Waals surface area contributed by atoms with Gasteiger partial charge in [-0.05, 0) is 30.0 Å². The van der Waals surface area contributed by atoms with E-state index < -0.39 is 0 Å². The van der Waals surface area contributed by atoms with Crippen LogP contribution in [0.1, 0.15) is 31.9 Å². The van der Waals surface area contributed by atoms with E-state index in [-0.39, 0.29) is 0 Å². The van der Waals surface area contributed by atoms with Crippen LogP contribution in [0.25, 0.3) is 0 Å². The maximum Gasteiger partial charge on any atom is 0.0995 e. The molecule has 86 valence electrons. The highest BCUT2D eigenvalue weighted by atomic mass is 14.9. The molecule has 0 aliphatic carbocycles. The monoisotopic (exact) mass is 216 g/mol. The van der Waals surface area contributed by atoms with Crippen LogP contribution in [0.3, 0.4) is 0 Å².